The summed E-state index contributed by atoms with van der Waals surface area (Å²) < 4.78 is 19.3. The number of phenolic OH excluding ortho intramolecular Hbond substituents is 1. The molecule has 0 saturated heterocycles. The van der Waals surface area contributed by atoms with E-state index in [4.69, 9.17) is 24.3 Å². The quantitative estimate of drug-likeness (QED) is 0.249. The molecule has 0 unspecified atom stereocenters. The van der Waals surface area contributed by atoms with Gasteiger partial charge in [-0.2, -0.15) is 0 Å². The Morgan fingerprint density at radius 3 is 2.36 bits per heavy atom. The molecule has 0 saturated carbocycles. The maximum absolute atomic E-state index is 11.0. The van der Waals surface area contributed by atoms with Gasteiger partial charge < -0.3 is 19.3 Å². The second-order valence-corrected chi connectivity index (χ2v) is 10.2. The Kier molecular flexibility index (Phi) is 5.30. The van der Waals surface area contributed by atoms with Crippen LogP contribution in [-0.2, 0) is 0 Å². The van der Waals surface area contributed by atoms with E-state index in [0.717, 1.165) is 44.0 Å². The number of benzene rings is 5. The zero-order chi connectivity index (χ0) is 28.4. The normalized spacial score (nSPS) is 14.0. The van der Waals surface area contributed by atoms with Gasteiger partial charge in [0.2, 0.25) is 5.88 Å². The zero-order valence-electron chi connectivity index (χ0n) is 22.8. The minimum absolute atomic E-state index is 0.107. The first-order chi connectivity index (χ1) is 20.6. The van der Waals surface area contributed by atoms with Gasteiger partial charge >= 0.3 is 0 Å². The molecule has 8 heteroatoms. The summed E-state index contributed by atoms with van der Waals surface area (Å²) in [7, 11) is 3.25. The van der Waals surface area contributed by atoms with E-state index in [0.29, 0.717) is 34.4 Å². The van der Waals surface area contributed by atoms with Gasteiger partial charge in [0, 0.05) is 11.5 Å². The number of rotatable bonds is 4. The summed E-state index contributed by atoms with van der Waals surface area (Å²) in [5, 5.41) is 19.8. The van der Waals surface area contributed by atoms with Crippen LogP contribution in [0.1, 0.15) is 22.6 Å². The summed E-state index contributed by atoms with van der Waals surface area (Å²) >= 11 is 0. The molecule has 0 amide bonds. The van der Waals surface area contributed by atoms with E-state index in [-0.39, 0.29) is 11.7 Å². The predicted molar refractivity (Wildman–Crippen MR) is 160 cm³/mol. The third-order valence-corrected chi connectivity index (χ3v) is 7.95. The number of nitrogens with zero attached hydrogens (tertiary/aromatic N) is 4. The average molecular weight is 553 g/mol. The predicted octanol–water partition coefficient (Wildman–Crippen LogP) is 7.11. The second-order valence-electron chi connectivity index (χ2n) is 10.2. The Morgan fingerprint density at radius 2 is 1.55 bits per heavy atom. The van der Waals surface area contributed by atoms with Gasteiger partial charge in [-0.25, -0.2) is 14.5 Å². The summed E-state index contributed by atoms with van der Waals surface area (Å²) in [5.74, 6) is 2.62. The Hall–Kier alpha value is -5.63. The molecule has 3 heterocycles. The van der Waals surface area contributed by atoms with Gasteiger partial charge in [-0.15, -0.1) is 5.10 Å². The largest absolute Gasteiger partial charge is 0.507 e. The van der Waals surface area contributed by atoms with Crippen molar-refractivity contribution in [3.63, 3.8) is 0 Å². The van der Waals surface area contributed by atoms with Crippen LogP contribution in [0.15, 0.2) is 97.3 Å². The Morgan fingerprint density at radius 1 is 0.786 bits per heavy atom. The second kappa shape index (κ2) is 9.21. The average Bonchev–Trinajstić information content (AvgIpc) is 3.47. The van der Waals surface area contributed by atoms with Gasteiger partial charge in [-0.3, -0.25) is 0 Å². The molecule has 8 rings (SSSR count). The van der Waals surface area contributed by atoms with E-state index < -0.39 is 0 Å². The molecule has 0 aliphatic carbocycles. The third kappa shape index (κ3) is 3.58. The lowest BCUT2D eigenvalue weighted by molar-refractivity contribution is 0.354. The SMILES string of the molecule is COc1ccc([C@H]2c3c(ccc4ccccc34)Oc3ncn4nc(-c5cc6ccccc6cc5O)nc4c32)cc1OC. The third-order valence-electron chi connectivity index (χ3n) is 7.95. The highest BCUT2D eigenvalue weighted by molar-refractivity contribution is 5.92. The zero-order valence-corrected chi connectivity index (χ0v) is 22.8. The fraction of sp³-hybridized carbons (Fsp3) is 0.0882. The highest BCUT2D eigenvalue weighted by atomic mass is 16.5. The van der Waals surface area contributed by atoms with Crippen LogP contribution in [0.5, 0.6) is 28.9 Å². The van der Waals surface area contributed by atoms with E-state index in [1.54, 1.807) is 31.1 Å². The summed E-state index contributed by atoms with van der Waals surface area (Å²) in [4.78, 5) is 9.66. The summed E-state index contributed by atoms with van der Waals surface area (Å²) in [5.41, 5.74) is 3.86. The number of phenols is 1. The first-order valence-electron chi connectivity index (χ1n) is 13.5. The number of aromatic nitrogens is 4. The number of fused-ring (bicyclic) bond motifs is 7. The van der Waals surface area contributed by atoms with Crippen molar-refractivity contribution >= 4 is 27.2 Å². The molecule has 1 N–H and O–H groups in total. The van der Waals surface area contributed by atoms with Crippen LogP contribution in [0, 0.1) is 0 Å². The van der Waals surface area contributed by atoms with Crippen molar-refractivity contribution in [1.29, 1.82) is 0 Å². The molecule has 0 fully saturated rings. The number of ether oxygens (including phenoxy) is 3. The standard InChI is InChI=1S/C34H24N4O4/c1-40-26-13-12-22(17-28(26)41-2)29-30-23-10-6-5-7-19(23)11-14-27(30)42-34-31(29)33-36-32(37-38(33)18-35-34)24-15-20-8-3-4-9-21(20)16-25(24)39/h3-18,29,39H,1-2H3/t29-/m0/s1. The van der Waals surface area contributed by atoms with Crippen molar-refractivity contribution in [1.82, 2.24) is 19.6 Å². The monoisotopic (exact) mass is 552 g/mol. The van der Waals surface area contributed by atoms with E-state index >= 15 is 0 Å². The number of hydrogen-bond donors (Lipinski definition) is 1. The molecule has 1 aliphatic rings. The lowest BCUT2D eigenvalue weighted by atomic mass is 9.81. The van der Waals surface area contributed by atoms with E-state index in [2.05, 4.69) is 23.2 Å². The molecule has 1 atom stereocenters. The van der Waals surface area contributed by atoms with Crippen molar-refractivity contribution in [2.75, 3.05) is 14.2 Å². The first-order valence-corrected chi connectivity index (χ1v) is 13.5. The molecule has 1 aliphatic heterocycles. The van der Waals surface area contributed by atoms with Gasteiger partial charge in [-0.05, 0) is 57.4 Å². The van der Waals surface area contributed by atoms with Crippen LogP contribution in [0.4, 0.5) is 0 Å². The van der Waals surface area contributed by atoms with Crippen molar-refractivity contribution in [2.24, 2.45) is 0 Å². The lowest BCUT2D eigenvalue weighted by Gasteiger charge is -2.29. The van der Waals surface area contributed by atoms with Gasteiger partial charge in [0.05, 0.1) is 25.3 Å². The molecule has 42 heavy (non-hydrogen) atoms. The van der Waals surface area contributed by atoms with Gasteiger partial charge in [0.15, 0.2) is 23.0 Å². The molecule has 204 valence electrons. The van der Waals surface area contributed by atoms with Gasteiger partial charge in [0.1, 0.15) is 17.8 Å². The van der Waals surface area contributed by atoms with Crippen LogP contribution in [0.25, 0.3) is 38.6 Å². The van der Waals surface area contributed by atoms with E-state index in [9.17, 15) is 5.11 Å². The molecule has 0 bridgehead atoms. The molecule has 8 nitrogen and oxygen atoms in total. The van der Waals surface area contributed by atoms with Crippen molar-refractivity contribution < 1.29 is 19.3 Å². The molecular weight excluding hydrogens is 528 g/mol. The van der Waals surface area contributed by atoms with Crippen molar-refractivity contribution in [3.05, 3.63) is 114 Å². The van der Waals surface area contributed by atoms with Crippen LogP contribution >= 0.6 is 0 Å². The van der Waals surface area contributed by atoms with Crippen LogP contribution in [0.2, 0.25) is 0 Å². The number of aromatic hydroxyl groups is 1. The molecule has 7 aromatic rings. The number of methoxy groups -OCH3 is 2. The fourth-order valence-electron chi connectivity index (χ4n) is 5.99. The van der Waals surface area contributed by atoms with Crippen LogP contribution in [-0.4, -0.2) is 38.9 Å². The lowest BCUT2D eigenvalue weighted by Crippen LogP contribution is -2.15. The molecule has 0 radical (unpaired) electrons. The first kappa shape index (κ1) is 24.2. The number of hydrogen-bond acceptors (Lipinski definition) is 7. The van der Waals surface area contributed by atoms with E-state index in [1.165, 1.54) is 0 Å². The molecule has 2 aromatic heterocycles. The molecule has 5 aromatic carbocycles. The molecular formula is C34H24N4O4. The Bertz CT molecular complexity index is 2190. The van der Waals surface area contributed by atoms with Crippen molar-refractivity contribution in [3.8, 4) is 40.3 Å². The van der Waals surface area contributed by atoms with Crippen molar-refractivity contribution in [2.45, 2.75) is 5.92 Å². The summed E-state index contributed by atoms with van der Waals surface area (Å²) in [6, 6.07) is 29.7. The summed E-state index contributed by atoms with van der Waals surface area (Å²) in [6.45, 7) is 0. The van der Waals surface area contributed by atoms with Gasteiger partial charge in [-0.1, -0.05) is 60.7 Å². The highest BCUT2D eigenvalue weighted by Crippen LogP contribution is 2.51. The summed E-state index contributed by atoms with van der Waals surface area (Å²) in [6.07, 6.45) is 1.60. The topological polar surface area (TPSA) is 91.0 Å². The van der Waals surface area contributed by atoms with Gasteiger partial charge in [0.25, 0.3) is 0 Å². The van der Waals surface area contributed by atoms with Crippen LogP contribution in [0.3, 0.4) is 0 Å². The smallest absolute Gasteiger partial charge is 0.228 e. The highest BCUT2D eigenvalue weighted by Gasteiger charge is 2.35. The minimum Gasteiger partial charge on any atom is -0.507 e. The maximum atomic E-state index is 11.0. The Balaban J connectivity index is 1.41. The Labute approximate surface area is 240 Å². The maximum Gasteiger partial charge on any atom is 0.228 e. The fourth-order valence-corrected chi connectivity index (χ4v) is 5.99. The molecule has 0 spiro atoms. The van der Waals surface area contributed by atoms with Crippen LogP contribution < -0.4 is 14.2 Å². The minimum atomic E-state index is -0.312. The van der Waals surface area contributed by atoms with E-state index in [1.807, 2.05) is 66.7 Å².